The minimum Gasteiger partial charge on any atom is -0.471 e. The first-order valence-corrected chi connectivity index (χ1v) is 5.76. The van der Waals surface area contributed by atoms with Crippen LogP contribution in [0.15, 0.2) is 24.3 Å². The molecule has 0 bridgehead atoms. The van der Waals surface area contributed by atoms with E-state index in [0.29, 0.717) is 6.47 Å². The number of piperazine rings is 1. The lowest BCUT2D eigenvalue weighted by atomic mass is 10.2. The van der Waals surface area contributed by atoms with Crippen LogP contribution in [0.1, 0.15) is 5.56 Å². The molecule has 0 aromatic heterocycles. The highest BCUT2D eigenvalue weighted by molar-refractivity contribution is 5.47. The summed E-state index contributed by atoms with van der Waals surface area (Å²) in [5.74, 6) is 0. The van der Waals surface area contributed by atoms with Crippen LogP contribution in [-0.4, -0.2) is 39.8 Å². The molecule has 0 radical (unpaired) electrons. The summed E-state index contributed by atoms with van der Waals surface area (Å²) in [4.78, 5) is 11.4. The van der Waals surface area contributed by atoms with E-state index in [0.717, 1.165) is 26.2 Å². The molecule has 1 aliphatic heterocycles. The Kier molecular flexibility index (Phi) is 6.10. The molecule has 2 rings (SSSR count). The summed E-state index contributed by atoms with van der Waals surface area (Å²) in [6.07, 6.45) is 0. The Morgan fingerprint density at radius 1 is 1.24 bits per heavy atom. The average Bonchev–Trinajstić information content (AvgIpc) is 2.41. The van der Waals surface area contributed by atoms with Crippen LogP contribution in [0.2, 0.25) is 0 Å². The van der Waals surface area contributed by atoms with Gasteiger partial charge < -0.3 is 15.0 Å². The van der Waals surface area contributed by atoms with Gasteiger partial charge in [-0.25, -0.2) is 0 Å². The number of carbonyl (C=O) groups is 1. The van der Waals surface area contributed by atoms with Crippen molar-refractivity contribution in [3.8, 4) is 0 Å². The van der Waals surface area contributed by atoms with E-state index < -0.39 is 0 Å². The number of rotatable bonds is 2. The molecule has 4 nitrogen and oxygen atoms in total. The van der Waals surface area contributed by atoms with E-state index in [9.17, 15) is 0 Å². The molecule has 1 N–H and O–H groups in total. The van der Waals surface area contributed by atoms with E-state index in [1.807, 2.05) is 0 Å². The van der Waals surface area contributed by atoms with Crippen molar-refractivity contribution in [1.82, 2.24) is 5.32 Å². The quantitative estimate of drug-likeness (QED) is 0.783. The predicted molar refractivity (Wildman–Crippen MR) is 69.3 cm³/mol. The number of anilines is 1. The van der Waals surface area contributed by atoms with Crippen LogP contribution in [0.3, 0.4) is 0 Å². The number of aryl methyl sites for hydroxylation is 1. The number of nitrogens with one attached hydrogen (secondary N) is 1. The second-order valence-corrected chi connectivity index (χ2v) is 3.90. The van der Waals surface area contributed by atoms with Gasteiger partial charge in [-0.05, 0) is 19.1 Å². The molecule has 1 fully saturated rings. The second kappa shape index (κ2) is 7.68. The normalized spacial score (nSPS) is 14.6. The maximum absolute atomic E-state index is 8.95. The zero-order chi connectivity index (χ0) is 12.5. The Labute approximate surface area is 103 Å². The van der Waals surface area contributed by atoms with Gasteiger partial charge in [-0.2, -0.15) is 0 Å². The van der Waals surface area contributed by atoms with Crippen LogP contribution >= 0.6 is 0 Å². The van der Waals surface area contributed by atoms with E-state index in [1.54, 1.807) is 0 Å². The van der Waals surface area contributed by atoms with Crippen LogP contribution in [0.5, 0.6) is 0 Å². The van der Waals surface area contributed by atoms with Gasteiger partial charge in [0.05, 0.1) is 7.11 Å². The fourth-order valence-electron chi connectivity index (χ4n) is 1.68. The van der Waals surface area contributed by atoms with Crippen LogP contribution in [0, 0.1) is 6.92 Å². The van der Waals surface area contributed by atoms with E-state index >= 15 is 0 Å². The van der Waals surface area contributed by atoms with Crippen molar-refractivity contribution >= 4 is 12.2 Å². The molecule has 17 heavy (non-hydrogen) atoms. The van der Waals surface area contributed by atoms with Crippen LogP contribution < -0.4 is 10.2 Å². The molecule has 1 aromatic carbocycles. The molecule has 94 valence electrons. The maximum Gasteiger partial charge on any atom is 0.292 e. The smallest absolute Gasteiger partial charge is 0.292 e. The number of hydrogen-bond donors (Lipinski definition) is 1. The highest BCUT2D eigenvalue weighted by Crippen LogP contribution is 2.14. The van der Waals surface area contributed by atoms with Crippen molar-refractivity contribution in [3.05, 3.63) is 29.8 Å². The van der Waals surface area contributed by atoms with Gasteiger partial charge >= 0.3 is 0 Å². The number of carbonyl (C=O) groups excluding carboxylic acids is 1. The van der Waals surface area contributed by atoms with Crippen molar-refractivity contribution in [2.75, 3.05) is 38.2 Å². The standard InChI is InChI=1S/C11H16N2.C2H4O2/c1-10-2-4-11(5-3-10)13-8-6-12-7-9-13;1-4-2-3/h2-5,12H,6-9H2,1H3;2H,1H3. The lowest BCUT2D eigenvalue weighted by molar-refractivity contribution is -0.126. The number of benzene rings is 1. The fourth-order valence-corrected chi connectivity index (χ4v) is 1.68. The second-order valence-electron chi connectivity index (χ2n) is 3.90. The van der Waals surface area contributed by atoms with Crippen LogP contribution in [-0.2, 0) is 9.53 Å². The van der Waals surface area contributed by atoms with Gasteiger partial charge in [-0.3, -0.25) is 4.79 Å². The Morgan fingerprint density at radius 2 is 1.76 bits per heavy atom. The van der Waals surface area contributed by atoms with Crippen molar-refractivity contribution in [2.45, 2.75) is 6.92 Å². The molecule has 0 amide bonds. The highest BCUT2D eigenvalue weighted by atomic mass is 16.5. The van der Waals surface area contributed by atoms with Crippen LogP contribution in [0.25, 0.3) is 0 Å². The number of ether oxygens (including phenoxy) is 1. The van der Waals surface area contributed by atoms with E-state index in [-0.39, 0.29) is 0 Å². The molecule has 0 unspecified atom stereocenters. The molecular formula is C13H20N2O2. The molecule has 1 saturated heterocycles. The number of methoxy groups -OCH3 is 1. The summed E-state index contributed by atoms with van der Waals surface area (Å²) >= 11 is 0. The van der Waals surface area contributed by atoms with Gasteiger partial charge in [0.1, 0.15) is 0 Å². The van der Waals surface area contributed by atoms with Gasteiger partial charge in [-0.1, -0.05) is 17.7 Å². The summed E-state index contributed by atoms with van der Waals surface area (Å²) < 4.78 is 3.86. The van der Waals surface area contributed by atoms with Crippen molar-refractivity contribution < 1.29 is 9.53 Å². The third kappa shape index (κ3) is 4.87. The lowest BCUT2D eigenvalue weighted by Crippen LogP contribution is -2.43. The van der Waals surface area contributed by atoms with Gasteiger partial charge in [0.2, 0.25) is 0 Å². The molecule has 1 aromatic rings. The van der Waals surface area contributed by atoms with Gasteiger partial charge in [0.15, 0.2) is 0 Å². The third-order valence-corrected chi connectivity index (χ3v) is 2.61. The highest BCUT2D eigenvalue weighted by Gasteiger charge is 2.08. The molecular weight excluding hydrogens is 216 g/mol. The van der Waals surface area contributed by atoms with Crippen molar-refractivity contribution in [3.63, 3.8) is 0 Å². The summed E-state index contributed by atoms with van der Waals surface area (Å²) in [5, 5.41) is 3.35. The molecule has 4 heteroatoms. The zero-order valence-corrected chi connectivity index (χ0v) is 10.5. The van der Waals surface area contributed by atoms with E-state index in [1.165, 1.54) is 18.4 Å². The molecule has 1 heterocycles. The predicted octanol–water partition coefficient (Wildman–Crippen LogP) is 1.19. The zero-order valence-electron chi connectivity index (χ0n) is 10.5. The minimum absolute atomic E-state index is 0.375. The first kappa shape index (κ1) is 13.5. The summed E-state index contributed by atoms with van der Waals surface area (Å²) in [7, 11) is 1.31. The molecule has 0 aliphatic carbocycles. The molecule has 0 atom stereocenters. The SMILES string of the molecule is COC=O.Cc1ccc(N2CCNCC2)cc1. The van der Waals surface area contributed by atoms with Gasteiger partial charge in [0, 0.05) is 31.9 Å². The Morgan fingerprint density at radius 3 is 2.24 bits per heavy atom. The van der Waals surface area contributed by atoms with Crippen LogP contribution in [0.4, 0.5) is 5.69 Å². The first-order chi connectivity index (χ1) is 8.27. The van der Waals surface area contributed by atoms with E-state index in [4.69, 9.17) is 4.79 Å². The lowest BCUT2D eigenvalue weighted by Gasteiger charge is -2.29. The Balaban J connectivity index is 0.000000317. The average molecular weight is 236 g/mol. The van der Waals surface area contributed by atoms with Crippen molar-refractivity contribution in [2.24, 2.45) is 0 Å². The number of hydrogen-bond acceptors (Lipinski definition) is 4. The van der Waals surface area contributed by atoms with Gasteiger partial charge in [0.25, 0.3) is 6.47 Å². The first-order valence-electron chi connectivity index (χ1n) is 5.76. The van der Waals surface area contributed by atoms with Gasteiger partial charge in [-0.15, -0.1) is 0 Å². The van der Waals surface area contributed by atoms with E-state index in [2.05, 4.69) is 46.1 Å². The molecule has 1 aliphatic rings. The monoisotopic (exact) mass is 236 g/mol. The summed E-state index contributed by atoms with van der Waals surface area (Å²) in [6.45, 7) is 6.97. The van der Waals surface area contributed by atoms with Crippen molar-refractivity contribution in [1.29, 1.82) is 0 Å². The molecule has 0 spiro atoms. The topological polar surface area (TPSA) is 41.6 Å². The fraction of sp³-hybridized carbons (Fsp3) is 0.462. The molecule has 0 saturated carbocycles. The Hall–Kier alpha value is -1.55. The third-order valence-electron chi connectivity index (χ3n) is 2.61. The minimum atomic E-state index is 0.375. The summed E-state index contributed by atoms with van der Waals surface area (Å²) in [5.41, 5.74) is 2.69. The summed E-state index contributed by atoms with van der Waals surface area (Å²) in [6, 6.07) is 8.77. The number of nitrogens with zero attached hydrogens (tertiary/aromatic N) is 1. The maximum atomic E-state index is 8.95. The Bertz CT molecular complexity index is 319. The largest absolute Gasteiger partial charge is 0.471 e.